The molecule has 1 saturated heterocycles. The van der Waals surface area contributed by atoms with E-state index in [-0.39, 0.29) is 6.04 Å². The molecule has 0 aromatic carbocycles. The standard InChI is InChI=1S/C14H25NO3/c1-18-10-4-9-15-12-6-3-2-5-11(12)7-8-13(15)14(16)17/h11-13H,2-10H2,1H3,(H,16,17). The van der Waals surface area contributed by atoms with Gasteiger partial charge in [-0.25, -0.2) is 0 Å². The quantitative estimate of drug-likeness (QED) is 0.765. The molecule has 2 aliphatic rings. The molecule has 0 radical (unpaired) electrons. The number of ether oxygens (including phenoxy) is 1. The second-order valence-corrected chi connectivity index (χ2v) is 5.63. The van der Waals surface area contributed by atoms with Gasteiger partial charge in [0.2, 0.25) is 0 Å². The molecule has 0 spiro atoms. The Bertz CT molecular complexity index is 282. The van der Waals surface area contributed by atoms with Crippen LogP contribution in [0.25, 0.3) is 0 Å². The SMILES string of the molecule is COCCCN1C(C(=O)O)CCC2CCCCC21. The first-order valence-electron chi connectivity index (χ1n) is 7.21. The topological polar surface area (TPSA) is 49.8 Å². The van der Waals surface area contributed by atoms with E-state index >= 15 is 0 Å². The van der Waals surface area contributed by atoms with Crippen LogP contribution in [0.4, 0.5) is 0 Å². The normalized spacial score (nSPS) is 33.1. The first-order chi connectivity index (χ1) is 8.74. The van der Waals surface area contributed by atoms with Crippen molar-refractivity contribution in [2.75, 3.05) is 20.3 Å². The highest BCUT2D eigenvalue weighted by Gasteiger charge is 2.40. The summed E-state index contributed by atoms with van der Waals surface area (Å²) in [6.07, 6.45) is 7.91. The average Bonchev–Trinajstić information content (AvgIpc) is 2.38. The van der Waals surface area contributed by atoms with Gasteiger partial charge >= 0.3 is 5.97 Å². The molecule has 1 N–H and O–H groups in total. The minimum atomic E-state index is -0.642. The lowest BCUT2D eigenvalue weighted by Gasteiger charge is -2.47. The van der Waals surface area contributed by atoms with Crippen LogP contribution >= 0.6 is 0 Å². The molecule has 2 fully saturated rings. The van der Waals surface area contributed by atoms with Crippen molar-refractivity contribution in [2.45, 2.75) is 57.0 Å². The van der Waals surface area contributed by atoms with Crippen LogP contribution in [0.1, 0.15) is 44.9 Å². The summed E-state index contributed by atoms with van der Waals surface area (Å²) in [5.41, 5.74) is 0. The first-order valence-corrected chi connectivity index (χ1v) is 7.21. The van der Waals surface area contributed by atoms with Gasteiger partial charge in [0.25, 0.3) is 0 Å². The summed E-state index contributed by atoms with van der Waals surface area (Å²) < 4.78 is 5.09. The van der Waals surface area contributed by atoms with Gasteiger partial charge in [-0.05, 0) is 38.0 Å². The van der Waals surface area contributed by atoms with Gasteiger partial charge in [-0.3, -0.25) is 9.69 Å². The Hall–Kier alpha value is -0.610. The molecule has 0 aromatic heterocycles. The zero-order valence-corrected chi connectivity index (χ0v) is 11.3. The third-order valence-corrected chi connectivity index (χ3v) is 4.56. The molecule has 2 rings (SSSR count). The zero-order valence-electron chi connectivity index (χ0n) is 11.3. The van der Waals surface area contributed by atoms with Gasteiger partial charge in [0.05, 0.1) is 0 Å². The molecule has 1 saturated carbocycles. The van der Waals surface area contributed by atoms with Gasteiger partial charge in [-0.15, -0.1) is 0 Å². The lowest BCUT2D eigenvalue weighted by molar-refractivity contribution is -0.148. The second kappa shape index (κ2) is 6.53. The van der Waals surface area contributed by atoms with Crippen molar-refractivity contribution in [3.05, 3.63) is 0 Å². The smallest absolute Gasteiger partial charge is 0.320 e. The molecule has 3 atom stereocenters. The summed E-state index contributed by atoms with van der Waals surface area (Å²) in [5, 5.41) is 9.38. The average molecular weight is 255 g/mol. The van der Waals surface area contributed by atoms with E-state index < -0.39 is 5.97 Å². The van der Waals surface area contributed by atoms with Crippen molar-refractivity contribution >= 4 is 5.97 Å². The van der Waals surface area contributed by atoms with Crippen molar-refractivity contribution in [2.24, 2.45) is 5.92 Å². The van der Waals surface area contributed by atoms with Crippen molar-refractivity contribution in [3.8, 4) is 0 Å². The highest BCUT2D eigenvalue weighted by Crippen LogP contribution is 2.37. The fraction of sp³-hybridized carbons (Fsp3) is 0.929. The van der Waals surface area contributed by atoms with Crippen LogP contribution in [0.15, 0.2) is 0 Å². The Morgan fingerprint density at radius 1 is 1.28 bits per heavy atom. The molecule has 18 heavy (non-hydrogen) atoms. The molecule has 0 aromatic rings. The van der Waals surface area contributed by atoms with Gasteiger partial charge in [0.1, 0.15) is 6.04 Å². The number of rotatable bonds is 5. The van der Waals surface area contributed by atoms with E-state index in [1.54, 1.807) is 7.11 Å². The van der Waals surface area contributed by atoms with Crippen molar-refractivity contribution in [1.29, 1.82) is 0 Å². The largest absolute Gasteiger partial charge is 0.480 e. The predicted octanol–water partition coefficient (Wildman–Crippen LogP) is 2.13. The van der Waals surface area contributed by atoms with Crippen molar-refractivity contribution in [3.63, 3.8) is 0 Å². The number of fused-ring (bicyclic) bond motifs is 1. The molecule has 1 aliphatic heterocycles. The maximum atomic E-state index is 11.4. The highest BCUT2D eigenvalue weighted by molar-refractivity contribution is 5.73. The second-order valence-electron chi connectivity index (χ2n) is 5.63. The summed E-state index contributed by atoms with van der Waals surface area (Å²) in [6.45, 7) is 1.59. The molecule has 4 heteroatoms. The van der Waals surface area contributed by atoms with E-state index in [1.165, 1.54) is 25.7 Å². The molecule has 1 aliphatic carbocycles. The monoisotopic (exact) mass is 255 g/mol. The number of nitrogens with zero attached hydrogens (tertiary/aromatic N) is 1. The Morgan fingerprint density at radius 3 is 2.78 bits per heavy atom. The van der Waals surface area contributed by atoms with Gasteiger partial charge < -0.3 is 9.84 Å². The molecule has 0 amide bonds. The minimum absolute atomic E-state index is 0.263. The molecule has 1 heterocycles. The minimum Gasteiger partial charge on any atom is -0.480 e. The van der Waals surface area contributed by atoms with Crippen LogP contribution in [-0.4, -0.2) is 48.3 Å². The lowest BCUT2D eigenvalue weighted by atomic mass is 9.76. The number of likely N-dealkylation sites (tertiary alicyclic amines) is 1. The maximum absolute atomic E-state index is 11.4. The third kappa shape index (κ3) is 3.04. The Kier molecular flexibility index (Phi) is 5.01. The van der Waals surface area contributed by atoms with Gasteiger partial charge in [-0.1, -0.05) is 12.8 Å². The zero-order chi connectivity index (χ0) is 13.0. The van der Waals surface area contributed by atoms with E-state index in [0.717, 1.165) is 38.3 Å². The Morgan fingerprint density at radius 2 is 2.06 bits per heavy atom. The number of hydrogen-bond acceptors (Lipinski definition) is 3. The summed E-state index contributed by atoms with van der Waals surface area (Å²) in [7, 11) is 1.70. The highest BCUT2D eigenvalue weighted by atomic mass is 16.5. The van der Waals surface area contributed by atoms with Crippen LogP contribution in [0.2, 0.25) is 0 Å². The number of carboxylic acid groups (broad SMARTS) is 1. The van der Waals surface area contributed by atoms with E-state index in [0.29, 0.717) is 6.04 Å². The summed E-state index contributed by atoms with van der Waals surface area (Å²) in [5.74, 6) is 0.0911. The number of piperidine rings is 1. The van der Waals surface area contributed by atoms with Crippen LogP contribution in [0, 0.1) is 5.92 Å². The van der Waals surface area contributed by atoms with Gasteiger partial charge in [-0.2, -0.15) is 0 Å². The molecule has 3 unspecified atom stereocenters. The Balaban J connectivity index is 2.01. The first kappa shape index (κ1) is 13.8. The fourth-order valence-electron chi connectivity index (χ4n) is 3.71. The van der Waals surface area contributed by atoms with Crippen LogP contribution in [0.5, 0.6) is 0 Å². The van der Waals surface area contributed by atoms with Crippen LogP contribution in [0.3, 0.4) is 0 Å². The Labute approximate surface area is 109 Å². The lowest BCUT2D eigenvalue weighted by Crippen LogP contribution is -2.55. The molecule has 104 valence electrons. The van der Waals surface area contributed by atoms with Crippen molar-refractivity contribution in [1.82, 2.24) is 4.90 Å². The van der Waals surface area contributed by atoms with E-state index in [9.17, 15) is 9.90 Å². The number of methoxy groups -OCH3 is 1. The number of hydrogen-bond donors (Lipinski definition) is 1. The van der Waals surface area contributed by atoms with Crippen LogP contribution < -0.4 is 0 Å². The van der Waals surface area contributed by atoms with Gasteiger partial charge in [0.15, 0.2) is 0 Å². The molecular formula is C14H25NO3. The van der Waals surface area contributed by atoms with Gasteiger partial charge in [0, 0.05) is 26.3 Å². The summed E-state index contributed by atoms with van der Waals surface area (Å²) in [6, 6.07) is 0.242. The third-order valence-electron chi connectivity index (χ3n) is 4.56. The molecule has 4 nitrogen and oxygen atoms in total. The summed E-state index contributed by atoms with van der Waals surface area (Å²) >= 11 is 0. The van der Waals surface area contributed by atoms with Crippen LogP contribution in [-0.2, 0) is 9.53 Å². The molecule has 0 bridgehead atoms. The molecular weight excluding hydrogens is 230 g/mol. The predicted molar refractivity (Wildman–Crippen MR) is 69.6 cm³/mol. The number of carboxylic acids is 1. The van der Waals surface area contributed by atoms with Crippen molar-refractivity contribution < 1.29 is 14.6 Å². The van der Waals surface area contributed by atoms with E-state index in [2.05, 4.69) is 4.90 Å². The maximum Gasteiger partial charge on any atom is 0.320 e. The summed E-state index contributed by atoms with van der Waals surface area (Å²) in [4.78, 5) is 13.7. The number of aliphatic carboxylic acids is 1. The van der Waals surface area contributed by atoms with E-state index in [1.807, 2.05) is 0 Å². The number of carbonyl (C=O) groups is 1. The van der Waals surface area contributed by atoms with E-state index in [4.69, 9.17) is 4.74 Å². The fourth-order valence-corrected chi connectivity index (χ4v) is 3.71.